The lowest BCUT2D eigenvalue weighted by Gasteiger charge is -2.31. The average molecular weight is 246 g/mol. The molecule has 4 heteroatoms. The van der Waals surface area contributed by atoms with Gasteiger partial charge in [-0.2, -0.15) is 0 Å². The van der Waals surface area contributed by atoms with E-state index in [0.29, 0.717) is 16.5 Å². The first-order valence-electron chi connectivity index (χ1n) is 5.03. The van der Waals surface area contributed by atoms with Gasteiger partial charge in [0.1, 0.15) is 10.8 Å². The fourth-order valence-electron chi connectivity index (χ4n) is 1.88. The smallest absolute Gasteiger partial charge is 0.140 e. The maximum atomic E-state index is 9.82. The van der Waals surface area contributed by atoms with Gasteiger partial charge in [-0.15, -0.1) is 0 Å². The number of halogens is 2. The van der Waals surface area contributed by atoms with Crippen LogP contribution in [-0.2, 0) is 0 Å². The van der Waals surface area contributed by atoms with E-state index in [2.05, 4.69) is 0 Å². The minimum Gasteiger partial charge on any atom is -0.506 e. The summed E-state index contributed by atoms with van der Waals surface area (Å²) in [7, 11) is 0. The van der Waals surface area contributed by atoms with E-state index < -0.39 is 0 Å². The quantitative estimate of drug-likeness (QED) is 0.838. The Kier molecular flexibility index (Phi) is 3.10. The second-order valence-electron chi connectivity index (χ2n) is 4.02. The Morgan fingerprint density at radius 3 is 2.53 bits per heavy atom. The molecule has 0 aromatic heterocycles. The van der Waals surface area contributed by atoms with Gasteiger partial charge < -0.3 is 10.8 Å². The van der Waals surface area contributed by atoms with E-state index in [9.17, 15) is 5.11 Å². The molecular formula is C11H13Cl2NO. The molecule has 2 nitrogen and oxygen atoms in total. The van der Waals surface area contributed by atoms with Crippen molar-refractivity contribution in [2.45, 2.75) is 25.3 Å². The highest BCUT2D eigenvalue weighted by Gasteiger charge is 2.28. The molecule has 1 aliphatic rings. The van der Waals surface area contributed by atoms with Crippen molar-refractivity contribution >= 4 is 23.2 Å². The zero-order valence-electron chi connectivity index (χ0n) is 8.21. The summed E-state index contributed by atoms with van der Waals surface area (Å²) in [6.07, 6.45) is 3.47. The lowest BCUT2D eigenvalue weighted by atomic mass is 9.77. The molecule has 0 aliphatic heterocycles. The first-order chi connectivity index (χ1) is 7.11. The van der Waals surface area contributed by atoms with Crippen LogP contribution in [0.2, 0.25) is 10.0 Å². The van der Waals surface area contributed by atoms with E-state index in [1.807, 2.05) is 0 Å². The molecule has 3 N–H and O–H groups in total. The average Bonchev–Trinajstić information content (AvgIpc) is 2.11. The summed E-state index contributed by atoms with van der Waals surface area (Å²) in [6, 6.07) is 3.30. The molecule has 0 amide bonds. The third-order valence-corrected chi connectivity index (χ3v) is 3.91. The van der Waals surface area contributed by atoms with Crippen molar-refractivity contribution in [2.75, 3.05) is 0 Å². The van der Waals surface area contributed by atoms with Crippen molar-refractivity contribution in [1.82, 2.24) is 0 Å². The predicted molar refractivity (Wildman–Crippen MR) is 62.4 cm³/mol. The van der Waals surface area contributed by atoms with Gasteiger partial charge in [0, 0.05) is 11.6 Å². The molecule has 0 saturated heterocycles. The van der Waals surface area contributed by atoms with Crippen LogP contribution in [0.1, 0.15) is 30.9 Å². The van der Waals surface area contributed by atoms with Crippen LogP contribution in [0.3, 0.4) is 0 Å². The molecule has 0 unspecified atom stereocenters. The summed E-state index contributed by atoms with van der Waals surface area (Å²) in [6.45, 7) is 0. The number of phenols is 1. The first-order valence-corrected chi connectivity index (χ1v) is 5.79. The van der Waals surface area contributed by atoms with Crippen LogP contribution in [0.25, 0.3) is 0 Å². The van der Waals surface area contributed by atoms with Crippen molar-refractivity contribution in [3.8, 4) is 5.75 Å². The van der Waals surface area contributed by atoms with Gasteiger partial charge >= 0.3 is 0 Å². The molecule has 1 aliphatic carbocycles. The molecule has 1 aromatic rings. The molecule has 1 fully saturated rings. The van der Waals surface area contributed by atoms with Gasteiger partial charge in [0.15, 0.2) is 0 Å². The molecule has 0 bridgehead atoms. The van der Waals surface area contributed by atoms with Crippen LogP contribution in [0.15, 0.2) is 12.1 Å². The van der Waals surface area contributed by atoms with E-state index in [1.165, 1.54) is 6.42 Å². The number of rotatable bonds is 2. The third-order valence-electron chi connectivity index (χ3n) is 3.12. The third kappa shape index (κ3) is 1.94. The van der Waals surface area contributed by atoms with E-state index in [0.717, 1.165) is 12.8 Å². The summed E-state index contributed by atoms with van der Waals surface area (Å²) in [5, 5.41) is 10.4. The second kappa shape index (κ2) is 4.20. The Labute approximate surface area is 99.0 Å². The van der Waals surface area contributed by atoms with Gasteiger partial charge in [0.2, 0.25) is 0 Å². The van der Waals surface area contributed by atoms with Crippen molar-refractivity contribution in [3.63, 3.8) is 0 Å². The highest BCUT2D eigenvalue weighted by molar-refractivity contribution is 6.43. The van der Waals surface area contributed by atoms with Gasteiger partial charge in [0.05, 0.1) is 5.02 Å². The number of aromatic hydroxyl groups is 1. The lowest BCUT2D eigenvalue weighted by molar-refractivity contribution is 0.260. The lowest BCUT2D eigenvalue weighted by Crippen LogP contribution is -2.26. The molecule has 1 atom stereocenters. The van der Waals surface area contributed by atoms with Crippen LogP contribution in [0.5, 0.6) is 5.75 Å². The van der Waals surface area contributed by atoms with E-state index >= 15 is 0 Å². The van der Waals surface area contributed by atoms with Gasteiger partial charge in [-0.25, -0.2) is 0 Å². The van der Waals surface area contributed by atoms with Gasteiger partial charge in [-0.05, 0) is 24.8 Å². The summed E-state index contributed by atoms with van der Waals surface area (Å²) < 4.78 is 0. The zero-order valence-corrected chi connectivity index (χ0v) is 9.72. The Morgan fingerprint density at radius 2 is 2.00 bits per heavy atom. The Bertz CT molecular complexity index is 377. The van der Waals surface area contributed by atoms with Gasteiger partial charge in [-0.3, -0.25) is 0 Å². The van der Waals surface area contributed by atoms with Crippen LogP contribution in [0, 0.1) is 5.92 Å². The van der Waals surface area contributed by atoms with E-state index in [4.69, 9.17) is 28.9 Å². The van der Waals surface area contributed by atoms with Crippen LogP contribution in [0.4, 0.5) is 0 Å². The minimum absolute atomic E-state index is 0.0311. The highest BCUT2D eigenvalue weighted by Crippen LogP contribution is 2.42. The van der Waals surface area contributed by atoms with E-state index in [-0.39, 0.29) is 16.8 Å². The summed E-state index contributed by atoms with van der Waals surface area (Å²) in [5.74, 6) is 0.497. The van der Waals surface area contributed by atoms with Gasteiger partial charge in [0.25, 0.3) is 0 Å². The SMILES string of the molecule is N[C@@H](c1ccc(Cl)c(Cl)c1O)C1CCC1. The second-order valence-corrected chi connectivity index (χ2v) is 4.80. The summed E-state index contributed by atoms with van der Waals surface area (Å²) in [5.41, 5.74) is 6.76. The molecule has 1 saturated carbocycles. The maximum Gasteiger partial charge on any atom is 0.140 e. The Hall–Kier alpha value is -0.440. The van der Waals surface area contributed by atoms with Crippen LogP contribution in [-0.4, -0.2) is 5.11 Å². The maximum absolute atomic E-state index is 9.82. The molecule has 2 rings (SSSR count). The van der Waals surface area contributed by atoms with Crippen LogP contribution >= 0.6 is 23.2 Å². The fraction of sp³-hybridized carbons (Fsp3) is 0.455. The molecule has 1 aromatic carbocycles. The monoisotopic (exact) mass is 245 g/mol. The number of hydrogen-bond acceptors (Lipinski definition) is 2. The number of benzene rings is 1. The normalized spacial score (nSPS) is 18.6. The molecule has 0 heterocycles. The predicted octanol–water partition coefficient (Wildman–Crippen LogP) is 3.50. The largest absolute Gasteiger partial charge is 0.506 e. The molecule has 0 spiro atoms. The molecule has 15 heavy (non-hydrogen) atoms. The standard InChI is InChI=1S/C11H13Cl2NO/c12-8-5-4-7(11(15)9(8)13)10(14)6-2-1-3-6/h4-6,10,15H,1-3,14H2/t10-/m1/s1. The van der Waals surface area contributed by atoms with Crippen molar-refractivity contribution in [1.29, 1.82) is 0 Å². The topological polar surface area (TPSA) is 46.2 Å². The Balaban J connectivity index is 2.31. The van der Waals surface area contributed by atoms with E-state index in [1.54, 1.807) is 12.1 Å². The van der Waals surface area contributed by atoms with Crippen molar-refractivity contribution in [2.24, 2.45) is 11.7 Å². The van der Waals surface area contributed by atoms with Crippen molar-refractivity contribution < 1.29 is 5.11 Å². The molecule has 0 radical (unpaired) electrons. The summed E-state index contributed by atoms with van der Waals surface area (Å²) >= 11 is 11.6. The van der Waals surface area contributed by atoms with Crippen molar-refractivity contribution in [3.05, 3.63) is 27.7 Å². The fourth-order valence-corrected chi connectivity index (χ4v) is 2.20. The first kappa shape index (κ1) is 11.1. The number of nitrogens with two attached hydrogens (primary N) is 1. The highest BCUT2D eigenvalue weighted by atomic mass is 35.5. The van der Waals surface area contributed by atoms with Crippen LogP contribution < -0.4 is 5.73 Å². The number of hydrogen-bond donors (Lipinski definition) is 2. The van der Waals surface area contributed by atoms with Gasteiger partial charge in [-0.1, -0.05) is 35.7 Å². The minimum atomic E-state index is -0.131. The number of phenolic OH excluding ortho intramolecular Hbond substituents is 1. The molecular weight excluding hydrogens is 233 g/mol. The Morgan fingerprint density at radius 1 is 1.33 bits per heavy atom. The zero-order chi connectivity index (χ0) is 11.0. The molecule has 82 valence electrons. The summed E-state index contributed by atoms with van der Waals surface area (Å²) in [4.78, 5) is 0.